The Balaban J connectivity index is 2.11. The summed E-state index contributed by atoms with van der Waals surface area (Å²) < 4.78 is 44.5. The van der Waals surface area contributed by atoms with Gasteiger partial charge in [-0.15, -0.1) is 0 Å². The van der Waals surface area contributed by atoms with Crippen LogP contribution in [0.15, 0.2) is 24.3 Å². The van der Waals surface area contributed by atoms with Crippen LogP contribution in [0.4, 0.5) is 18.0 Å². The zero-order valence-corrected chi connectivity index (χ0v) is 13.9. The van der Waals surface area contributed by atoms with E-state index in [0.717, 1.165) is 6.07 Å². The van der Waals surface area contributed by atoms with E-state index in [4.69, 9.17) is 4.74 Å². The lowest BCUT2D eigenvalue weighted by molar-refractivity contribution is -0.139. The van der Waals surface area contributed by atoms with Gasteiger partial charge in [0, 0.05) is 19.0 Å². The summed E-state index contributed by atoms with van der Waals surface area (Å²) in [5, 5.41) is 10.4. The monoisotopic (exact) mass is 345 g/mol. The van der Waals surface area contributed by atoms with E-state index in [9.17, 15) is 23.1 Å². The molecule has 1 heterocycles. The molecule has 7 heteroatoms. The zero-order chi connectivity index (χ0) is 18.1. The number of aliphatic hydroxyl groups excluding tert-OH is 1. The van der Waals surface area contributed by atoms with Crippen LogP contribution in [-0.4, -0.2) is 34.8 Å². The van der Waals surface area contributed by atoms with Crippen molar-refractivity contribution in [1.29, 1.82) is 0 Å². The van der Waals surface area contributed by atoms with Gasteiger partial charge in [0.25, 0.3) is 0 Å². The topological polar surface area (TPSA) is 49.8 Å². The van der Waals surface area contributed by atoms with Gasteiger partial charge in [-0.25, -0.2) is 4.79 Å². The number of likely N-dealkylation sites (tertiary alicyclic amines) is 1. The molecule has 0 saturated carbocycles. The Morgan fingerprint density at radius 2 is 1.92 bits per heavy atom. The lowest BCUT2D eigenvalue weighted by Gasteiger charge is -2.25. The van der Waals surface area contributed by atoms with Crippen LogP contribution in [0.5, 0.6) is 0 Å². The van der Waals surface area contributed by atoms with Crippen molar-refractivity contribution in [3.05, 3.63) is 35.4 Å². The summed E-state index contributed by atoms with van der Waals surface area (Å²) in [5.41, 5.74) is -1.63. The molecular formula is C17H22F3NO3. The number of carbonyl (C=O) groups is 1. The number of rotatable bonds is 2. The fourth-order valence-electron chi connectivity index (χ4n) is 2.80. The summed E-state index contributed by atoms with van der Waals surface area (Å²) in [6, 6.07) is 5.00. The summed E-state index contributed by atoms with van der Waals surface area (Å²) in [6.07, 6.45) is -5.90. The van der Waals surface area contributed by atoms with E-state index in [1.54, 1.807) is 20.8 Å². The van der Waals surface area contributed by atoms with Crippen LogP contribution < -0.4 is 0 Å². The van der Waals surface area contributed by atoms with Gasteiger partial charge in [0.2, 0.25) is 0 Å². The van der Waals surface area contributed by atoms with Crippen molar-refractivity contribution >= 4 is 6.09 Å². The number of hydrogen-bond acceptors (Lipinski definition) is 3. The third kappa shape index (κ3) is 4.41. The van der Waals surface area contributed by atoms with Gasteiger partial charge in [-0.3, -0.25) is 0 Å². The molecule has 2 unspecified atom stereocenters. The Morgan fingerprint density at radius 3 is 2.50 bits per heavy atom. The summed E-state index contributed by atoms with van der Waals surface area (Å²) in [7, 11) is 0. The molecule has 24 heavy (non-hydrogen) atoms. The maximum atomic E-state index is 13.1. The second-order valence-electron chi connectivity index (χ2n) is 7.00. The second kappa shape index (κ2) is 6.63. The summed E-state index contributed by atoms with van der Waals surface area (Å²) in [5.74, 6) is -0.457. The molecule has 1 fully saturated rings. The van der Waals surface area contributed by atoms with Gasteiger partial charge in [0.15, 0.2) is 0 Å². The molecule has 0 aliphatic carbocycles. The molecular weight excluding hydrogens is 323 g/mol. The third-order valence-electron chi connectivity index (χ3n) is 3.91. The van der Waals surface area contributed by atoms with E-state index in [-0.39, 0.29) is 12.1 Å². The molecule has 1 amide bonds. The minimum atomic E-state index is -4.53. The van der Waals surface area contributed by atoms with Gasteiger partial charge in [-0.05, 0) is 38.8 Å². The van der Waals surface area contributed by atoms with E-state index in [2.05, 4.69) is 0 Å². The number of amides is 1. The average Bonchev–Trinajstić information content (AvgIpc) is 2.93. The quantitative estimate of drug-likeness (QED) is 0.881. The Bertz CT molecular complexity index is 595. The standard InChI is InChI=1S/C17H22F3NO3/c1-16(2,3)24-15(23)21-9-8-11(10-21)14(22)12-6-4-5-7-13(12)17(18,19)20/h4-7,11,14,22H,8-10H2,1-3H3. The van der Waals surface area contributed by atoms with Gasteiger partial charge < -0.3 is 14.7 Å². The normalized spacial score (nSPS) is 20.1. The fourth-order valence-corrected chi connectivity index (χ4v) is 2.80. The predicted octanol–water partition coefficient (Wildman–Crippen LogP) is 4.00. The van der Waals surface area contributed by atoms with Crippen LogP contribution in [-0.2, 0) is 10.9 Å². The molecule has 0 spiro atoms. The van der Waals surface area contributed by atoms with Gasteiger partial charge in [0.1, 0.15) is 5.60 Å². The Hall–Kier alpha value is -1.76. The Labute approximate surface area is 139 Å². The molecule has 0 bridgehead atoms. The predicted molar refractivity (Wildman–Crippen MR) is 82.3 cm³/mol. The van der Waals surface area contributed by atoms with Crippen LogP contribution in [0.1, 0.15) is 44.4 Å². The first kappa shape index (κ1) is 18.6. The maximum absolute atomic E-state index is 13.1. The van der Waals surface area contributed by atoms with Crippen molar-refractivity contribution in [2.45, 2.75) is 45.1 Å². The SMILES string of the molecule is CC(C)(C)OC(=O)N1CCC(C(O)c2ccccc2C(F)(F)F)C1. The van der Waals surface area contributed by atoms with E-state index in [1.807, 2.05) is 0 Å². The van der Waals surface area contributed by atoms with Crippen molar-refractivity contribution in [1.82, 2.24) is 4.90 Å². The van der Waals surface area contributed by atoms with Gasteiger partial charge in [0.05, 0.1) is 11.7 Å². The number of aliphatic hydroxyl groups is 1. The second-order valence-corrected chi connectivity index (χ2v) is 7.00. The number of halogens is 3. The first-order valence-electron chi connectivity index (χ1n) is 7.81. The highest BCUT2D eigenvalue weighted by Gasteiger charge is 2.39. The zero-order valence-electron chi connectivity index (χ0n) is 13.9. The minimum absolute atomic E-state index is 0.152. The molecule has 2 rings (SSSR count). The number of ether oxygens (including phenoxy) is 1. The number of nitrogens with zero attached hydrogens (tertiary/aromatic N) is 1. The van der Waals surface area contributed by atoms with E-state index in [0.29, 0.717) is 13.0 Å². The van der Waals surface area contributed by atoms with Crippen LogP contribution in [0.3, 0.4) is 0 Å². The molecule has 0 aromatic heterocycles. The van der Waals surface area contributed by atoms with Gasteiger partial charge in [-0.2, -0.15) is 13.2 Å². The van der Waals surface area contributed by atoms with Gasteiger partial charge >= 0.3 is 12.3 Å². The Morgan fingerprint density at radius 1 is 1.29 bits per heavy atom. The van der Waals surface area contributed by atoms with Crippen LogP contribution in [0.25, 0.3) is 0 Å². The number of hydrogen-bond donors (Lipinski definition) is 1. The molecule has 1 aliphatic heterocycles. The summed E-state index contributed by atoms with van der Waals surface area (Å²) in [4.78, 5) is 13.5. The van der Waals surface area contributed by atoms with Crippen LogP contribution >= 0.6 is 0 Å². The van der Waals surface area contributed by atoms with E-state index in [1.165, 1.54) is 23.1 Å². The molecule has 1 N–H and O–H groups in total. The molecule has 0 radical (unpaired) electrons. The lowest BCUT2D eigenvalue weighted by atomic mass is 9.91. The first-order chi connectivity index (χ1) is 11.0. The summed E-state index contributed by atoms with van der Waals surface area (Å²) >= 11 is 0. The molecule has 1 aromatic rings. The van der Waals surface area contributed by atoms with Crippen LogP contribution in [0.2, 0.25) is 0 Å². The van der Waals surface area contributed by atoms with Crippen molar-refractivity contribution < 1.29 is 27.8 Å². The van der Waals surface area contributed by atoms with Crippen molar-refractivity contribution in [3.8, 4) is 0 Å². The number of alkyl halides is 3. The van der Waals surface area contributed by atoms with E-state index < -0.39 is 35.5 Å². The first-order valence-corrected chi connectivity index (χ1v) is 7.81. The molecule has 1 aliphatic rings. The molecule has 1 saturated heterocycles. The highest BCUT2D eigenvalue weighted by molar-refractivity contribution is 5.68. The van der Waals surface area contributed by atoms with Crippen LogP contribution in [0, 0.1) is 5.92 Å². The summed E-state index contributed by atoms with van der Waals surface area (Å²) in [6.45, 7) is 5.75. The van der Waals surface area contributed by atoms with Crippen molar-refractivity contribution in [2.75, 3.05) is 13.1 Å². The molecule has 1 aromatic carbocycles. The average molecular weight is 345 g/mol. The third-order valence-corrected chi connectivity index (χ3v) is 3.91. The molecule has 2 atom stereocenters. The molecule has 4 nitrogen and oxygen atoms in total. The van der Waals surface area contributed by atoms with Gasteiger partial charge in [-0.1, -0.05) is 18.2 Å². The maximum Gasteiger partial charge on any atom is 0.416 e. The fraction of sp³-hybridized carbons (Fsp3) is 0.588. The molecule has 134 valence electrons. The van der Waals surface area contributed by atoms with Crippen molar-refractivity contribution in [2.24, 2.45) is 5.92 Å². The lowest BCUT2D eigenvalue weighted by Crippen LogP contribution is -2.35. The number of benzene rings is 1. The van der Waals surface area contributed by atoms with Crippen molar-refractivity contribution in [3.63, 3.8) is 0 Å². The minimum Gasteiger partial charge on any atom is -0.444 e. The Kier molecular flexibility index (Phi) is 5.13. The highest BCUT2D eigenvalue weighted by atomic mass is 19.4. The smallest absolute Gasteiger partial charge is 0.416 e. The van der Waals surface area contributed by atoms with E-state index >= 15 is 0 Å². The number of carbonyl (C=O) groups excluding carboxylic acids is 1. The largest absolute Gasteiger partial charge is 0.444 e. The highest BCUT2D eigenvalue weighted by Crippen LogP contribution is 2.38.